The van der Waals surface area contributed by atoms with E-state index >= 15 is 0 Å². The van der Waals surface area contributed by atoms with Gasteiger partial charge in [0.05, 0.1) is 13.2 Å². The highest BCUT2D eigenvalue weighted by Crippen LogP contribution is 2.43. The second-order valence-electron chi connectivity index (χ2n) is 19.5. The molecule has 0 spiro atoms. The Kier molecular flexibility index (Phi) is 56.3. The molecule has 0 aromatic heterocycles. The van der Waals surface area contributed by atoms with Crippen LogP contribution in [0.4, 0.5) is 0 Å². The van der Waals surface area contributed by atoms with E-state index < -0.39 is 26.5 Å². The third-order valence-electron chi connectivity index (χ3n) is 12.4. The van der Waals surface area contributed by atoms with Crippen LogP contribution in [0.3, 0.4) is 0 Å². The van der Waals surface area contributed by atoms with Crippen LogP contribution < -0.4 is 5.73 Å². The lowest BCUT2D eigenvalue weighted by molar-refractivity contribution is -0.161. The topological polar surface area (TPSA) is 134 Å². The first kappa shape index (κ1) is 70.7. The number of rotatable bonds is 55. The Balaban J connectivity index is 4.02. The van der Waals surface area contributed by atoms with Gasteiger partial charge < -0.3 is 20.1 Å². The Morgan fingerprint density at radius 1 is 0.419 bits per heavy atom. The lowest BCUT2D eigenvalue weighted by Crippen LogP contribution is -2.29. The minimum absolute atomic E-state index is 0.0476. The Hall–Kier alpha value is -3.33. The zero-order valence-corrected chi connectivity index (χ0v) is 48.2. The van der Waals surface area contributed by atoms with E-state index in [2.05, 4.69) is 123 Å². The lowest BCUT2D eigenvalue weighted by Gasteiger charge is -2.19. The van der Waals surface area contributed by atoms with Crippen LogP contribution in [0.15, 0.2) is 109 Å². The van der Waals surface area contributed by atoms with Gasteiger partial charge in [0.1, 0.15) is 6.61 Å². The monoisotopic (exact) mass is 1050 g/mol. The van der Waals surface area contributed by atoms with Crippen LogP contribution in [0.2, 0.25) is 0 Å². The van der Waals surface area contributed by atoms with E-state index in [-0.39, 0.29) is 38.6 Å². The van der Waals surface area contributed by atoms with E-state index in [9.17, 15) is 19.0 Å². The average Bonchev–Trinajstić information content (AvgIpc) is 3.39. The normalized spacial score (nSPS) is 13.8. The number of ether oxygens (including phenoxy) is 2. The van der Waals surface area contributed by atoms with Crippen molar-refractivity contribution < 1.29 is 37.6 Å². The standard InChI is InChI=1S/C64H110NO8P/c1-3-5-7-9-11-13-15-17-19-21-23-24-25-26-27-28-29-30-31-32-33-34-35-36-37-38-39-41-43-45-47-49-51-53-55-57-64(67)73-62(61-72-74(68,69)71-59-58-65)60-70-63(66)56-54-52-50-48-46-44-42-40-22-20-18-16-14-12-10-8-6-4-2/h5,7,11,13,17,19,23-24,26-27,29-30,32-33,35-36,38-39,62H,3-4,6,8-10,12,14-16,18,20-22,25,28,31,34,37,40-61,65H2,1-2H3,(H,68,69)/b7-5-,13-11-,19-17-,24-23-,27-26-,30-29-,33-32-,36-35-,39-38-. The summed E-state index contributed by atoms with van der Waals surface area (Å²) in [4.78, 5) is 35.2. The van der Waals surface area contributed by atoms with Gasteiger partial charge in [0, 0.05) is 19.4 Å². The fourth-order valence-corrected chi connectivity index (χ4v) is 8.81. The highest BCUT2D eigenvalue weighted by molar-refractivity contribution is 7.47. The van der Waals surface area contributed by atoms with Gasteiger partial charge in [0.15, 0.2) is 6.10 Å². The Morgan fingerprint density at radius 2 is 0.743 bits per heavy atom. The van der Waals surface area contributed by atoms with Gasteiger partial charge in [-0.2, -0.15) is 0 Å². The third kappa shape index (κ3) is 57.9. The fraction of sp³-hybridized carbons (Fsp3) is 0.688. The smallest absolute Gasteiger partial charge is 0.462 e. The van der Waals surface area contributed by atoms with Crippen molar-refractivity contribution in [2.24, 2.45) is 5.73 Å². The number of phosphoric acid groups is 1. The van der Waals surface area contributed by atoms with Crippen molar-refractivity contribution in [3.63, 3.8) is 0 Å². The van der Waals surface area contributed by atoms with E-state index in [4.69, 9.17) is 24.3 Å². The molecule has 74 heavy (non-hydrogen) atoms. The van der Waals surface area contributed by atoms with Crippen molar-refractivity contribution in [3.8, 4) is 0 Å². The van der Waals surface area contributed by atoms with Crippen LogP contribution >= 0.6 is 7.82 Å². The molecule has 0 aliphatic rings. The number of unbranched alkanes of at least 4 members (excludes halogenated alkanes) is 24. The zero-order chi connectivity index (χ0) is 53.8. The molecule has 424 valence electrons. The van der Waals surface area contributed by atoms with E-state index in [1.54, 1.807) is 0 Å². The molecule has 2 atom stereocenters. The summed E-state index contributed by atoms with van der Waals surface area (Å²) in [5, 5.41) is 0. The molecule has 0 fully saturated rings. The van der Waals surface area contributed by atoms with Crippen molar-refractivity contribution in [3.05, 3.63) is 109 Å². The molecule has 0 amide bonds. The summed E-state index contributed by atoms with van der Waals surface area (Å²) >= 11 is 0. The molecule has 10 heteroatoms. The summed E-state index contributed by atoms with van der Waals surface area (Å²) < 4.78 is 33.0. The van der Waals surface area contributed by atoms with Gasteiger partial charge in [-0.15, -0.1) is 0 Å². The van der Waals surface area contributed by atoms with Gasteiger partial charge >= 0.3 is 19.8 Å². The molecule has 0 rings (SSSR count). The maximum Gasteiger partial charge on any atom is 0.472 e. The first-order valence-electron chi connectivity index (χ1n) is 29.9. The molecule has 0 heterocycles. The predicted molar refractivity (Wildman–Crippen MR) is 316 cm³/mol. The highest BCUT2D eigenvalue weighted by Gasteiger charge is 2.26. The predicted octanol–water partition coefficient (Wildman–Crippen LogP) is 19.0. The highest BCUT2D eigenvalue weighted by atomic mass is 31.2. The van der Waals surface area contributed by atoms with Crippen molar-refractivity contribution in [1.82, 2.24) is 0 Å². The van der Waals surface area contributed by atoms with Crippen LogP contribution in [0.25, 0.3) is 0 Å². The molecule has 0 bridgehead atoms. The maximum atomic E-state index is 12.7. The first-order chi connectivity index (χ1) is 36.3. The molecule has 2 unspecified atom stereocenters. The van der Waals surface area contributed by atoms with Crippen LogP contribution in [0.1, 0.15) is 251 Å². The Labute approximate surface area is 454 Å². The molecule has 0 radical (unpaired) electrons. The second kappa shape index (κ2) is 58.9. The molecule has 0 aliphatic carbocycles. The van der Waals surface area contributed by atoms with Crippen LogP contribution in [-0.4, -0.2) is 49.3 Å². The van der Waals surface area contributed by atoms with Crippen molar-refractivity contribution >= 4 is 19.8 Å². The van der Waals surface area contributed by atoms with Gasteiger partial charge in [-0.3, -0.25) is 18.6 Å². The number of carbonyl (C=O) groups is 2. The summed E-state index contributed by atoms with van der Waals surface area (Å²) in [7, 11) is -4.40. The maximum absolute atomic E-state index is 12.7. The van der Waals surface area contributed by atoms with E-state index in [0.29, 0.717) is 6.42 Å². The molecular formula is C64H110NO8P. The number of phosphoric ester groups is 1. The van der Waals surface area contributed by atoms with Gasteiger partial charge in [0.2, 0.25) is 0 Å². The number of allylic oxidation sites excluding steroid dienone is 18. The van der Waals surface area contributed by atoms with Crippen molar-refractivity contribution in [2.45, 2.75) is 258 Å². The minimum atomic E-state index is -4.40. The van der Waals surface area contributed by atoms with Gasteiger partial charge in [-0.25, -0.2) is 4.57 Å². The molecule has 0 aromatic rings. The van der Waals surface area contributed by atoms with Gasteiger partial charge in [0.25, 0.3) is 0 Å². The largest absolute Gasteiger partial charge is 0.472 e. The number of nitrogens with two attached hydrogens (primary N) is 1. The third-order valence-corrected chi connectivity index (χ3v) is 13.4. The number of esters is 2. The quantitative estimate of drug-likeness (QED) is 0.0264. The van der Waals surface area contributed by atoms with E-state index in [0.717, 1.165) is 103 Å². The summed E-state index contributed by atoms with van der Waals surface area (Å²) in [6, 6.07) is 0. The van der Waals surface area contributed by atoms with Crippen LogP contribution in [-0.2, 0) is 32.7 Å². The van der Waals surface area contributed by atoms with Crippen molar-refractivity contribution in [1.29, 1.82) is 0 Å². The lowest BCUT2D eigenvalue weighted by atomic mass is 10.0. The summed E-state index contributed by atoms with van der Waals surface area (Å²) in [5.74, 6) is -0.839. The number of hydrogen-bond acceptors (Lipinski definition) is 8. The van der Waals surface area contributed by atoms with Gasteiger partial charge in [-0.1, -0.05) is 264 Å². The summed E-state index contributed by atoms with van der Waals surface area (Å²) in [6.07, 6.45) is 80.0. The number of carbonyl (C=O) groups excluding carboxylic acids is 2. The molecule has 9 nitrogen and oxygen atoms in total. The summed E-state index contributed by atoms with van der Waals surface area (Å²) in [6.45, 7) is 3.63. The fourth-order valence-electron chi connectivity index (χ4n) is 8.04. The van der Waals surface area contributed by atoms with Gasteiger partial charge in [-0.05, 0) is 83.5 Å². The Bertz CT molecular complexity index is 1580. The van der Waals surface area contributed by atoms with Crippen molar-refractivity contribution in [2.75, 3.05) is 26.4 Å². The zero-order valence-electron chi connectivity index (χ0n) is 47.3. The molecule has 0 aliphatic heterocycles. The van der Waals surface area contributed by atoms with Crippen LogP contribution in [0, 0.1) is 0 Å². The molecular weight excluding hydrogens is 942 g/mol. The second-order valence-corrected chi connectivity index (χ2v) is 20.9. The molecule has 0 saturated heterocycles. The first-order valence-corrected chi connectivity index (χ1v) is 31.4. The molecule has 0 aromatic carbocycles. The van der Waals surface area contributed by atoms with E-state index in [1.165, 1.54) is 116 Å². The van der Waals surface area contributed by atoms with E-state index in [1.807, 2.05) is 0 Å². The Morgan fingerprint density at radius 3 is 1.11 bits per heavy atom. The minimum Gasteiger partial charge on any atom is -0.462 e. The molecule has 0 saturated carbocycles. The number of hydrogen-bond donors (Lipinski definition) is 2. The summed E-state index contributed by atoms with van der Waals surface area (Å²) in [5.41, 5.74) is 5.38. The molecule has 3 N–H and O–H groups in total. The average molecular weight is 1050 g/mol. The SMILES string of the molecule is CC/C=C\C/C=C\C/C=C\C/C=C\C/C=C\C/C=C\C/C=C\C/C=C\C/C=C\CCCCCCCCCC(=O)OC(COC(=O)CCCCCCCCCCCCCCCCCCCC)COP(=O)(O)OCCN. The van der Waals surface area contributed by atoms with Crippen LogP contribution in [0.5, 0.6) is 0 Å².